The second-order valence-corrected chi connectivity index (χ2v) is 8.18. The van der Waals surface area contributed by atoms with E-state index in [2.05, 4.69) is 9.80 Å². The largest absolute Gasteiger partial charge is 0.493 e. The SMILES string of the molecule is COc1cc(/C=C/C(=O)CCN2CCN(C3CCCCC3)CC2)cc(OC)c1OC.Cl.Cl. The number of ketones is 1. The zero-order valence-electron chi connectivity index (χ0n) is 19.5. The van der Waals surface area contributed by atoms with Crippen molar-refractivity contribution in [3.63, 3.8) is 0 Å². The minimum Gasteiger partial charge on any atom is -0.493 e. The second kappa shape index (κ2) is 14.6. The molecule has 1 aliphatic heterocycles. The predicted octanol–water partition coefficient (Wildman–Crippen LogP) is 4.48. The molecule has 8 heteroatoms. The Morgan fingerprint density at radius 1 is 0.938 bits per heavy atom. The van der Waals surface area contributed by atoms with Crippen LogP contribution in [0, 0.1) is 0 Å². The van der Waals surface area contributed by atoms with Crippen LogP contribution in [0.25, 0.3) is 6.08 Å². The third-order valence-electron chi connectivity index (χ3n) is 6.32. The summed E-state index contributed by atoms with van der Waals surface area (Å²) in [7, 11) is 4.75. The number of hydrogen-bond acceptors (Lipinski definition) is 6. The molecule has 6 nitrogen and oxygen atoms in total. The Bertz CT molecular complexity index is 706. The van der Waals surface area contributed by atoms with Crippen molar-refractivity contribution in [1.82, 2.24) is 9.80 Å². The minimum absolute atomic E-state index is 0. The fraction of sp³-hybridized carbons (Fsp3) is 0.625. The normalized spacial score (nSPS) is 18.0. The van der Waals surface area contributed by atoms with Gasteiger partial charge in [0.15, 0.2) is 17.3 Å². The molecule has 0 bridgehead atoms. The van der Waals surface area contributed by atoms with Gasteiger partial charge in [-0.15, -0.1) is 24.8 Å². The molecule has 1 aliphatic carbocycles. The van der Waals surface area contributed by atoms with Gasteiger partial charge in [0.25, 0.3) is 0 Å². The maximum absolute atomic E-state index is 12.4. The van der Waals surface area contributed by atoms with E-state index in [0.29, 0.717) is 23.7 Å². The quantitative estimate of drug-likeness (QED) is 0.477. The first kappa shape index (κ1) is 28.6. The summed E-state index contributed by atoms with van der Waals surface area (Å²) < 4.78 is 16.1. The summed E-state index contributed by atoms with van der Waals surface area (Å²) in [5, 5.41) is 0. The van der Waals surface area contributed by atoms with E-state index in [-0.39, 0.29) is 30.6 Å². The van der Waals surface area contributed by atoms with Crippen LogP contribution in [0.5, 0.6) is 17.2 Å². The number of carbonyl (C=O) groups excluding carboxylic acids is 1. The van der Waals surface area contributed by atoms with Gasteiger partial charge in [-0.3, -0.25) is 9.69 Å². The monoisotopic (exact) mass is 488 g/mol. The van der Waals surface area contributed by atoms with E-state index >= 15 is 0 Å². The molecule has 1 aromatic carbocycles. The molecule has 1 saturated carbocycles. The summed E-state index contributed by atoms with van der Waals surface area (Å²) in [5.74, 6) is 1.86. The number of piperazine rings is 1. The van der Waals surface area contributed by atoms with Crippen LogP contribution in [0.2, 0.25) is 0 Å². The summed E-state index contributed by atoms with van der Waals surface area (Å²) in [4.78, 5) is 17.5. The van der Waals surface area contributed by atoms with Gasteiger partial charge in [0.1, 0.15) is 0 Å². The molecule has 0 aromatic heterocycles. The van der Waals surface area contributed by atoms with E-state index in [4.69, 9.17) is 14.2 Å². The zero-order valence-corrected chi connectivity index (χ0v) is 21.1. The van der Waals surface area contributed by atoms with Crippen LogP contribution in [0.4, 0.5) is 0 Å². The molecule has 0 unspecified atom stereocenters. The highest BCUT2D eigenvalue weighted by atomic mass is 35.5. The molecular weight excluding hydrogens is 451 g/mol. The molecule has 0 radical (unpaired) electrons. The Balaban J connectivity index is 0.00000256. The van der Waals surface area contributed by atoms with E-state index in [9.17, 15) is 4.79 Å². The molecule has 3 rings (SSSR count). The van der Waals surface area contributed by atoms with E-state index in [1.54, 1.807) is 27.4 Å². The Kier molecular flexibility index (Phi) is 13.1. The third kappa shape index (κ3) is 7.84. The third-order valence-corrected chi connectivity index (χ3v) is 6.32. The Labute approximate surface area is 205 Å². The van der Waals surface area contributed by atoms with Gasteiger partial charge in [-0.1, -0.05) is 25.3 Å². The van der Waals surface area contributed by atoms with Crippen LogP contribution in [-0.4, -0.2) is 75.7 Å². The molecule has 0 amide bonds. The Hall–Kier alpha value is -1.47. The fourth-order valence-corrected chi connectivity index (χ4v) is 4.54. The first-order chi connectivity index (χ1) is 14.6. The maximum atomic E-state index is 12.4. The molecule has 1 aromatic rings. The van der Waals surface area contributed by atoms with Gasteiger partial charge in [0.2, 0.25) is 5.75 Å². The molecular formula is C24H38Cl2N2O4. The lowest BCUT2D eigenvalue weighted by Crippen LogP contribution is -2.51. The van der Waals surface area contributed by atoms with Gasteiger partial charge < -0.3 is 19.1 Å². The van der Waals surface area contributed by atoms with Crippen LogP contribution >= 0.6 is 24.8 Å². The molecule has 182 valence electrons. The van der Waals surface area contributed by atoms with Gasteiger partial charge >= 0.3 is 0 Å². The highest BCUT2D eigenvalue weighted by molar-refractivity contribution is 5.93. The zero-order chi connectivity index (χ0) is 21.3. The number of ether oxygens (including phenoxy) is 3. The first-order valence-electron chi connectivity index (χ1n) is 11.1. The van der Waals surface area contributed by atoms with Crippen LogP contribution in [0.15, 0.2) is 18.2 Å². The molecule has 0 N–H and O–H groups in total. The highest BCUT2D eigenvalue weighted by Crippen LogP contribution is 2.38. The Morgan fingerprint density at radius 2 is 1.53 bits per heavy atom. The highest BCUT2D eigenvalue weighted by Gasteiger charge is 2.25. The average Bonchev–Trinajstić information content (AvgIpc) is 2.81. The molecule has 1 saturated heterocycles. The van der Waals surface area contributed by atoms with Gasteiger partial charge in [-0.25, -0.2) is 0 Å². The summed E-state index contributed by atoms with van der Waals surface area (Å²) in [6.45, 7) is 5.25. The van der Waals surface area contributed by atoms with Crippen molar-refractivity contribution in [3.05, 3.63) is 23.8 Å². The minimum atomic E-state index is 0. The lowest BCUT2D eigenvalue weighted by atomic mass is 9.94. The summed E-state index contributed by atoms with van der Waals surface area (Å²) >= 11 is 0. The van der Waals surface area contributed by atoms with Crippen molar-refractivity contribution in [2.24, 2.45) is 0 Å². The van der Waals surface area contributed by atoms with Crippen molar-refractivity contribution in [3.8, 4) is 17.2 Å². The molecule has 0 atom stereocenters. The van der Waals surface area contributed by atoms with Crippen molar-refractivity contribution in [1.29, 1.82) is 0 Å². The standard InChI is InChI=1S/C24H36N2O4.2ClH/c1-28-22-17-19(18-23(29-2)24(22)30-3)9-10-21(27)11-12-25-13-15-26(16-14-25)20-7-5-4-6-8-20;;/h9-10,17-18,20H,4-8,11-16H2,1-3H3;2*1H/b10-9+;;. The molecule has 2 fully saturated rings. The van der Waals surface area contributed by atoms with E-state index < -0.39 is 0 Å². The predicted molar refractivity (Wildman–Crippen MR) is 134 cm³/mol. The lowest BCUT2D eigenvalue weighted by molar-refractivity contribution is -0.115. The maximum Gasteiger partial charge on any atom is 0.203 e. The van der Waals surface area contributed by atoms with Crippen LogP contribution in [0.3, 0.4) is 0 Å². The number of methoxy groups -OCH3 is 3. The van der Waals surface area contributed by atoms with Crippen molar-refractivity contribution in [2.75, 3.05) is 54.1 Å². The van der Waals surface area contributed by atoms with Gasteiger partial charge in [0, 0.05) is 45.2 Å². The van der Waals surface area contributed by atoms with Gasteiger partial charge in [-0.2, -0.15) is 0 Å². The number of halogens is 2. The number of hydrogen-bond donors (Lipinski definition) is 0. The van der Waals surface area contributed by atoms with Crippen LogP contribution in [0.1, 0.15) is 44.1 Å². The fourth-order valence-electron chi connectivity index (χ4n) is 4.54. The van der Waals surface area contributed by atoms with Crippen molar-refractivity contribution >= 4 is 36.7 Å². The molecule has 1 heterocycles. The smallest absolute Gasteiger partial charge is 0.203 e. The van der Waals surface area contributed by atoms with E-state index in [0.717, 1.165) is 44.3 Å². The lowest BCUT2D eigenvalue weighted by Gasteiger charge is -2.40. The van der Waals surface area contributed by atoms with Crippen LogP contribution < -0.4 is 14.2 Å². The van der Waals surface area contributed by atoms with E-state index in [1.165, 1.54) is 32.1 Å². The molecule has 0 spiro atoms. The van der Waals surface area contributed by atoms with Crippen LogP contribution in [-0.2, 0) is 4.79 Å². The topological polar surface area (TPSA) is 51.2 Å². The summed E-state index contributed by atoms with van der Waals surface area (Å²) in [6, 6.07) is 4.48. The van der Waals surface area contributed by atoms with Crippen molar-refractivity contribution < 1.29 is 19.0 Å². The van der Waals surface area contributed by atoms with Crippen molar-refractivity contribution in [2.45, 2.75) is 44.6 Å². The number of rotatable bonds is 9. The number of nitrogens with zero attached hydrogens (tertiary/aromatic N) is 2. The molecule has 2 aliphatic rings. The Morgan fingerprint density at radius 3 is 2.06 bits per heavy atom. The average molecular weight is 489 g/mol. The summed E-state index contributed by atoms with van der Waals surface area (Å²) in [5.41, 5.74) is 0.846. The number of allylic oxidation sites excluding steroid dienone is 1. The number of carbonyl (C=O) groups is 1. The van der Waals surface area contributed by atoms with Gasteiger partial charge in [0.05, 0.1) is 21.3 Å². The van der Waals surface area contributed by atoms with Gasteiger partial charge in [-0.05, 0) is 36.6 Å². The number of benzene rings is 1. The molecule has 32 heavy (non-hydrogen) atoms. The first-order valence-corrected chi connectivity index (χ1v) is 11.1. The summed E-state index contributed by atoms with van der Waals surface area (Å²) in [6.07, 6.45) is 10.9. The second-order valence-electron chi connectivity index (χ2n) is 8.18. The van der Waals surface area contributed by atoms with E-state index in [1.807, 2.05) is 18.2 Å².